The van der Waals surface area contributed by atoms with Crippen LogP contribution < -0.4 is 0 Å². The lowest BCUT2D eigenvalue weighted by Crippen LogP contribution is -2.17. The highest BCUT2D eigenvalue weighted by Crippen LogP contribution is 2.23. The summed E-state index contributed by atoms with van der Waals surface area (Å²) < 4.78 is 1.84. The van der Waals surface area contributed by atoms with Crippen LogP contribution in [-0.4, -0.2) is 26.4 Å². The summed E-state index contributed by atoms with van der Waals surface area (Å²) in [6.07, 6.45) is 5.81. The summed E-state index contributed by atoms with van der Waals surface area (Å²) in [5.74, 6) is 3.54. The third kappa shape index (κ3) is 2.40. The molecule has 13 heavy (non-hydrogen) atoms. The van der Waals surface area contributed by atoms with Gasteiger partial charge >= 0.3 is 0 Å². The van der Waals surface area contributed by atoms with Gasteiger partial charge in [0.05, 0.1) is 12.4 Å². The number of hydrogen-bond donors (Lipinski definition) is 1. The second kappa shape index (κ2) is 4.05. The van der Waals surface area contributed by atoms with E-state index in [2.05, 4.69) is 5.10 Å². The van der Waals surface area contributed by atoms with E-state index in [-0.39, 0.29) is 5.75 Å². The standard InChI is InChI=1S/C9H14N2OS/c12-9-4-10-11(6-9)5-8-2-1-3-13-7-8/h4,6,8,12H,1-3,5,7H2. The minimum absolute atomic E-state index is 0.267. The van der Waals surface area contributed by atoms with Crippen LogP contribution in [0.15, 0.2) is 12.4 Å². The first-order valence-electron chi connectivity index (χ1n) is 4.64. The second-order valence-corrected chi connectivity index (χ2v) is 4.65. The van der Waals surface area contributed by atoms with Crippen molar-refractivity contribution in [3.05, 3.63) is 12.4 Å². The van der Waals surface area contributed by atoms with Crippen molar-refractivity contribution in [2.45, 2.75) is 19.4 Å². The SMILES string of the molecule is Oc1cnn(CC2CCCSC2)c1. The van der Waals surface area contributed by atoms with Gasteiger partial charge in [0.2, 0.25) is 0 Å². The largest absolute Gasteiger partial charge is 0.505 e. The van der Waals surface area contributed by atoms with Gasteiger partial charge in [-0.15, -0.1) is 0 Å². The van der Waals surface area contributed by atoms with Crippen molar-refractivity contribution in [1.82, 2.24) is 9.78 Å². The summed E-state index contributed by atoms with van der Waals surface area (Å²) in [6.45, 7) is 0.952. The molecule has 1 unspecified atom stereocenters. The van der Waals surface area contributed by atoms with Gasteiger partial charge in [-0.1, -0.05) is 0 Å². The zero-order valence-electron chi connectivity index (χ0n) is 7.52. The van der Waals surface area contributed by atoms with Crippen LogP contribution in [0.5, 0.6) is 5.75 Å². The van der Waals surface area contributed by atoms with E-state index in [0.29, 0.717) is 0 Å². The molecule has 0 aromatic carbocycles. The molecule has 0 amide bonds. The average Bonchev–Trinajstić information content (AvgIpc) is 2.53. The molecule has 72 valence electrons. The molecular formula is C9H14N2OS. The van der Waals surface area contributed by atoms with Crippen molar-refractivity contribution in [2.75, 3.05) is 11.5 Å². The van der Waals surface area contributed by atoms with Crippen molar-refractivity contribution < 1.29 is 5.11 Å². The zero-order chi connectivity index (χ0) is 9.10. The Morgan fingerprint density at radius 1 is 1.69 bits per heavy atom. The lowest BCUT2D eigenvalue weighted by atomic mass is 10.1. The molecule has 0 bridgehead atoms. The Kier molecular flexibility index (Phi) is 2.78. The molecular weight excluding hydrogens is 184 g/mol. The van der Waals surface area contributed by atoms with Gasteiger partial charge in [-0.2, -0.15) is 16.9 Å². The van der Waals surface area contributed by atoms with E-state index in [4.69, 9.17) is 5.11 Å². The Bertz CT molecular complexity index is 268. The topological polar surface area (TPSA) is 38.1 Å². The molecule has 3 nitrogen and oxygen atoms in total. The van der Waals surface area contributed by atoms with Crippen LogP contribution in [0.2, 0.25) is 0 Å². The van der Waals surface area contributed by atoms with Crippen molar-refractivity contribution >= 4 is 11.8 Å². The van der Waals surface area contributed by atoms with Gasteiger partial charge < -0.3 is 5.11 Å². The maximum atomic E-state index is 9.09. The highest BCUT2D eigenvalue weighted by Gasteiger charge is 2.14. The van der Waals surface area contributed by atoms with E-state index in [1.807, 2.05) is 16.4 Å². The number of nitrogens with zero attached hydrogens (tertiary/aromatic N) is 2. The van der Waals surface area contributed by atoms with Crippen molar-refractivity contribution in [3.63, 3.8) is 0 Å². The minimum Gasteiger partial charge on any atom is -0.505 e. The lowest BCUT2D eigenvalue weighted by Gasteiger charge is -2.20. The quantitative estimate of drug-likeness (QED) is 0.786. The highest BCUT2D eigenvalue weighted by atomic mass is 32.2. The molecule has 4 heteroatoms. The van der Waals surface area contributed by atoms with Crippen molar-refractivity contribution in [1.29, 1.82) is 0 Å². The fraction of sp³-hybridized carbons (Fsp3) is 0.667. The Hall–Kier alpha value is -0.640. The summed E-state index contributed by atoms with van der Waals surface area (Å²) in [6, 6.07) is 0. The number of thioether (sulfide) groups is 1. The third-order valence-corrected chi connectivity index (χ3v) is 3.60. The molecule has 1 N–H and O–H groups in total. The van der Waals surface area contributed by atoms with E-state index in [9.17, 15) is 0 Å². The first-order valence-corrected chi connectivity index (χ1v) is 5.79. The second-order valence-electron chi connectivity index (χ2n) is 3.50. The fourth-order valence-corrected chi connectivity index (χ4v) is 2.81. The molecule has 1 aromatic rings. The molecule has 1 saturated heterocycles. The van der Waals surface area contributed by atoms with Crippen LogP contribution >= 0.6 is 11.8 Å². The summed E-state index contributed by atoms with van der Waals surface area (Å²) in [5, 5.41) is 13.2. The average molecular weight is 198 g/mol. The number of aromatic nitrogens is 2. The monoisotopic (exact) mass is 198 g/mol. The molecule has 1 fully saturated rings. The highest BCUT2D eigenvalue weighted by molar-refractivity contribution is 7.99. The van der Waals surface area contributed by atoms with Crippen LogP contribution in [0.1, 0.15) is 12.8 Å². The number of aromatic hydroxyl groups is 1. The Morgan fingerprint density at radius 2 is 2.62 bits per heavy atom. The molecule has 0 aliphatic carbocycles. The van der Waals surface area contributed by atoms with Gasteiger partial charge in [-0.25, -0.2) is 0 Å². The molecule has 1 aliphatic heterocycles. The third-order valence-electron chi connectivity index (χ3n) is 2.32. The Morgan fingerprint density at radius 3 is 3.23 bits per heavy atom. The zero-order valence-corrected chi connectivity index (χ0v) is 8.33. The number of hydrogen-bond acceptors (Lipinski definition) is 3. The predicted molar refractivity (Wildman–Crippen MR) is 53.9 cm³/mol. The van der Waals surface area contributed by atoms with Crippen LogP contribution in [0.25, 0.3) is 0 Å². The first-order chi connectivity index (χ1) is 6.34. The normalized spacial score (nSPS) is 23.2. The van der Waals surface area contributed by atoms with Gasteiger partial charge in [0.1, 0.15) is 0 Å². The van der Waals surface area contributed by atoms with E-state index in [1.54, 1.807) is 6.20 Å². The summed E-state index contributed by atoms with van der Waals surface area (Å²) in [7, 11) is 0. The summed E-state index contributed by atoms with van der Waals surface area (Å²) in [4.78, 5) is 0. The summed E-state index contributed by atoms with van der Waals surface area (Å²) in [5.41, 5.74) is 0. The van der Waals surface area contributed by atoms with Crippen molar-refractivity contribution in [2.24, 2.45) is 5.92 Å². The Labute approximate surface area is 82.1 Å². The van der Waals surface area contributed by atoms with Gasteiger partial charge in [0.25, 0.3) is 0 Å². The van der Waals surface area contributed by atoms with E-state index < -0.39 is 0 Å². The van der Waals surface area contributed by atoms with Crippen LogP contribution in [0.4, 0.5) is 0 Å². The fourth-order valence-electron chi connectivity index (χ4n) is 1.67. The van der Waals surface area contributed by atoms with Gasteiger partial charge in [-0.05, 0) is 30.3 Å². The van der Waals surface area contributed by atoms with Gasteiger partial charge in [0, 0.05) is 6.54 Å². The van der Waals surface area contributed by atoms with Gasteiger partial charge in [0.15, 0.2) is 5.75 Å². The van der Waals surface area contributed by atoms with E-state index in [0.717, 1.165) is 12.5 Å². The molecule has 2 heterocycles. The summed E-state index contributed by atoms with van der Waals surface area (Å²) >= 11 is 2.03. The first kappa shape index (κ1) is 8.94. The van der Waals surface area contributed by atoms with Crippen LogP contribution in [-0.2, 0) is 6.54 Å². The molecule has 1 aliphatic rings. The molecule has 0 spiro atoms. The molecule has 1 atom stereocenters. The molecule has 0 saturated carbocycles. The van der Waals surface area contributed by atoms with E-state index >= 15 is 0 Å². The lowest BCUT2D eigenvalue weighted by molar-refractivity contribution is 0.418. The molecule has 1 aromatic heterocycles. The van der Waals surface area contributed by atoms with Crippen molar-refractivity contribution in [3.8, 4) is 5.75 Å². The molecule has 2 rings (SSSR count). The van der Waals surface area contributed by atoms with Gasteiger partial charge in [-0.3, -0.25) is 4.68 Å². The maximum absolute atomic E-state index is 9.09. The predicted octanol–water partition coefficient (Wildman–Crippen LogP) is 1.73. The van der Waals surface area contributed by atoms with E-state index in [1.165, 1.54) is 30.5 Å². The Balaban J connectivity index is 1.89. The maximum Gasteiger partial charge on any atom is 0.153 e. The smallest absolute Gasteiger partial charge is 0.153 e. The minimum atomic E-state index is 0.267. The van der Waals surface area contributed by atoms with Crippen LogP contribution in [0.3, 0.4) is 0 Å². The molecule has 0 radical (unpaired) electrons. The number of rotatable bonds is 2. The van der Waals surface area contributed by atoms with Crippen LogP contribution in [0, 0.1) is 5.92 Å².